The lowest BCUT2D eigenvalue weighted by Crippen LogP contribution is -2.27. The maximum atomic E-state index is 13.6. The minimum atomic E-state index is -4.03. The van der Waals surface area contributed by atoms with Crippen LogP contribution in [0.15, 0.2) is 17.0 Å². The van der Waals surface area contributed by atoms with E-state index in [1.165, 1.54) is 6.92 Å². The Hall–Kier alpha value is -0.890. The van der Waals surface area contributed by atoms with E-state index in [-0.39, 0.29) is 23.7 Å². The third-order valence-corrected chi connectivity index (χ3v) is 3.85. The molecule has 0 spiro atoms. The molecule has 0 radical (unpaired) electrons. The van der Waals surface area contributed by atoms with Crippen LogP contribution in [-0.4, -0.2) is 26.2 Å². The molecule has 0 saturated carbocycles. The van der Waals surface area contributed by atoms with Crippen molar-refractivity contribution in [1.82, 2.24) is 4.72 Å². The summed E-state index contributed by atoms with van der Waals surface area (Å²) >= 11 is 5.63. The fourth-order valence-electron chi connectivity index (χ4n) is 1.26. The van der Waals surface area contributed by atoms with Gasteiger partial charge in [-0.25, -0.2) is 17.5 Å². The Balaban J connectivity index is 2.98. The van der Waals surface area contributed by atoms with Gasteiger partial charge in [0.05, 0.1) is 11.8 Å². The van der Waals surface area contributed by atoms with E-state index in [1.807, 2.05) is 0 Å². The Morgan fingerprint density at radius 3 is 2.72 bits per heavy atom. The molecule has 0 fully saturated rings. The average molecular weight is 297 g/mol. The van der Waals surface area contributed by atoms with Gasteiger partial charge in [0.25, 0.3) is 0 Å². The Labute approximate surface area is 110 Å². The van der Waals surface area contributed by atoms with Crippen LogP contribution in [0.5, 0.6) is 0 Å². The molecular formula is C10H14ClFN2O3S. The van der Waals surface area contributed by atoms with Crippen molar-refractivity contribution in [2.75, 3.05) is 12.3 Å². The van der Waals surface area contributed by atoms with Crippen LogP contribution in [0.1, 0.15) is 13.3 Å². The molecule has 0 aliphatic rings. The third-order valence-electron chi connectivity index (χ3n) is 2.18. The van der Waals surface area contributed by atoms with Gasteiger partial charge in [-0.15, -0.1) is 0 Å². The minimum absolute atomic E-state index is 0.00808. The van der Waals surface area contributed by atoms with E-state index in [0.717, 1.165) is 12.1 Å². The van der Waals surface area contributed by atoms with Gasteiger partial charge in [-0.3, -0.25) is 0 Å². The van der Waals surface area contributed by atoms with Gasteiger partial charge in [-0.1, -0.05) is 11.6 Å². The van der Waals surface area contributed by atoms with Crippen LogP contribution in [0.4, 0.5) is 10.1 Å². The quantitative estimate of drug-likeness (QED) is 0.710. The lowest BCUT2D eigenvalue weighted by atomic mass is 10.3. The summed E-state index contributed by atoms with van der Waals surface area (Å²) in [5.41, 5.74) is 4.97. The normalized spacial score (nSPS) is 13.6. The number of hydrogen-bond acceptors (Lipinski definition) is 4. The summed E-state index contributed by atoms with van der Waals surface area (Å²) in [7, 11) is -4.03. The highest BCUT2D eigenvalue weighted by molar-refractivity contribution is 7.89. The van der Waals surface area contributed by atoms with E-state index in [2.05, 4.69) is 4.72 Å². The van der Waals surface area contributed by atoms with E-state index in [9.17, 15) is 12.8 Å². The van der Waals surface area contributed by atoms with Gasteiger partial charge in [-0.2, -0.15) is 0 Å². The number of aliphatic hydroxyl groups is 1. The zero-order chi connectivity index (χ0) is 13.9. The summed E-state index contributed by atoms with van der Waals surface area (Å²) in [5.74, 6) is -1.04. The predicted molar refractivity (Wildman–Crippen MR) is 67.3 cm³/mol. The lowest BCUT2D eigenvalue weighted by Gasteiger charge is -2.10. The first-order chi connectivity index (χ1) is 8.24. The third kappa shape index (κ3) is 3.81. The maximum Gasteiger partial charge on any atom is 0.243 e. The second kappa shape index (κ2) is 5.83. The van der Waals surface area contributed by atoms with Crippen molar-refractivity contribution < 1.29 is 17.9 Å². The highest BCUT2D eigenvalue weighted by atomic mass is 35.5. The molecule has 0 aliphatic heterocycles. The molecule has 4 N–H and O–H groups in total. The number of sulfonamides is 1. The summed E-state index contributed by atoms with van der Waals surface area (Å²) < 4.78 is 39.4. The Morgan fingerprint density at radius 2 is 2.17 bits per heavy atom. The Kier molecular flexibility index (Phi) is 4.92. The van der Waals surface area contributed by atoms with E-state index in [1.54, 1.807) is 0 Å². The fraction of sp³-hybridized carbons (Fsp3) is 0.400. The topological polar surface area (TPSA) is 92.4 Å². The molecular weight excluding hydrogens is 283 g/mol. The maximum absolute atomic E-state index is 13.6. The predicted octanol–water partition coefficient (Wildman–Crippen LogP) is 1.11. The largest absolute Gasteiger partial charge is 0.396 e. The zero-order valence-electron chi connectivity index (χ0n) is 9.65. The smallest absolute Gasteiger partial charge is 0.243 e. The summed E-state index contributed by atoms with van der Waals surface area (Å²) in [6.07, 6.45) is -0.432. The van der Waals surface area contributed by atoms with Crippen molar-refractivity contribution in [3.8, 4) is 0 Å². The summed E-state index contributed by atoms with van der Waals surface area (Å²) in [5, 5.41) is 9.04. The van der Waals surface area contributed by atoms with Crippen LogP contribution in [-0.2, 0) is 10.0 Å². The molecule has 0 bridgehead atoms. The molecule has 5 nitrogen and oxygen atoms in total. The number of aliphatic hydroxyl groups excluding tert-OH is 1. The minimum Gasteiger partial charge on any atom is -0.396 e. The number of benzene rings is 1. The molecule has 102 valence electrons. The monoisotopic (exact) mass is 296 g/mol. The van der Waals surface area contributed by atoms with Crippen LogP contribution in [0.25, 0.3) is 0 Å². The van der Waals surface area contributed by atoms with Crippen molar-refractivity contribution >= 4 is 27.3 Å². The Bertz CT molecular complexity index is 534. The van der Waals surface area contributed by atoms with Gasteiger partial charge in [0, 0.05) is 11.6 Å². The van der Waals surface area contributed by atoms with E-state index < -0.39 is 26.8 Å². The molecule has 0 aromatic heterocycles. The second-order valence-corrected chi connectivity index (χ2v) is 6.01. The molecule has 0 aliphatic carbocycles. The van der Waals surface area contributed by atoms with Crippen molar-refractivity contribution in [2.24, 2.45) is 0 Å². The molecule has 1 atom stereocenters. The van der Waals surface area contributed by atoms with Gasteiger partial charge < -0.3 is 10.8 Å². The van der Waals surface area contributed by atoms with Crippen LogP contribution in [0.3, 0.4) is 0 Å². The van der Waals surface area contributed by atoms with E-state index >= 15 is 0 Å². The van der Waals surface area contributed by atoms with Crippen LogP contribution in [0.2, 0.25) is 5.02 Å². The first-order valence-corrected chi connectivity index (χ1v) is 7.02. The van der Waals surface area contributed by atoms with Gasteiger partial charge >= 0.3 is 0 Å². The molecule has 0 heterocycles. The summed E-state index contributed by atoms with van der Waals surface area (Å²) in [4.78, 5) is -0.599. The van der Waals surface area contributed by atoms with Gasteiger partial charge in [-0.05, 0) is 25.5 Å². The molecule has 1 aromatic carbocycles. The number of hydrogen-bond donors (Lipinski definition) is 3. The molecule has 1 unspecified atom stereocenters. The Morgan fingerprint density at radius 1 is 1.56 bits per heavy atom. The SMILES string of the molecule is CC(O)CCNS(=O)(=O)c1cc(Cl)cc(N)c1F. The molecule has 1 aromatic rings. The van der Waals surface area contributed by atoms with Gasteiger partial charge in [0.1, 0.15) is 4.90 Å². The molecule has 1 rings (SSSR count). The fourth-order valence-corrected chi connectivity index (χ4v) is 2.73. The first kappa shape index (κ1) is 15.2. The summed E-state index contributed by atoms with van der Waals surface area (Å²) in [6, 6.07) is 2.11. The molecule has 0 amide bonds. The number of nitrogen functional groups attached to an aromatic ring is 1. The van der Waals surface area contributed by atoms with Crippen LogP contribution >= 0.6 is 11.6 Å². The lowest BCUT2D eigenvalue weighted by molar-refractivity contribution is 0.186. The molecule has 0 saturated heterocycles. The van der Waals surface area contributed by atoms with Crippen molar-refractivity contribution in [3.63, 3.8) is 0 Å². The number of nitrogens with two attached hydrogens (primary N) is 1. The molecule has 18 heavy (non-hydrogen) atoms. The van der Waals surface area contributed by atoms with Crippen molar-refractivity contribution in [3.05, 3.63) is 23.0 Å². The van der Waals surface area contributed by atoms with Gasteiger partial charge in [0.2, 0.25) is 10.0 Å². The van der Waals surface area contributed by atoms with Crippen molar-refractivity contribution in [2.45, 2.75) is 24.3 Å². The van der Waals surface area contributed by atoms with Crippen molar-refractivity contribution in [1.29, 1.82) is 0 Å². The highest BCUT2D eigenvalue weighted by Crippen LogP contribution is 2.24. The second-order valence-electron chi connectivity index (χ2n) is 3.84. The molecule has 8 heteroatoms. The average Bonchev–Trinajstić information content (AvgIpc) is 2.22. The number of nitrogens with one attached hydrogen (secondary N) is 1. The first-order valence-electron chi connectivity index (χ1n) is 5.16. The standard InChI is InChI=1S/C10H14ClFN2O3S/c1-6(15)2-3-14-18(16,17)9-5-7(11)4-8(13)10(9)12/h4-6,14-15H,2-3,13H2,1H3. The van der Waals surface area contributed by atoms with Crippen LogP contribution in [0, 0.1) is 5.82 Å². The summed E-state index contributed by atoms with van der Waals surface area (Å²) in [6.45, 7) is 1.51. The zero-order valence-corrected chi connectivity index (χ0v) is 11.2. The van der Waals surface area contributed by atoms with Crippen LogP contribution < -0.4 is 10.5 Å². The number of anilines is 1. The number of rotatable bonds is 5. The number of halogens is 2. The van der Waals surface area contributed by atoms with E-state index in [0.29, 0.717) is 0 Å². The van der Waals surface area contributed by atoms with E-state index in [4.69, 9.17) is 22.4 Å². The highest BCUT2D eigenvalue weighted by Gasteiger charge is 2.21. The van der Waals surface area contributed by atoms with Gasteiger partial charge in [0.15, 0.2) is 5.82 Å².